The first-order valence-corrected chi connectivity index (χ1v) is 42.4. The van der Waals surface area contributed by atoms with Crippen molar-refractivity contribution in [3.63, 3.8) is 0 Å². The van der Waals surface area contributed by atoms with Crippen LogP contribution in [0.5, 0.6) is 0 Å². The van der Waals surface area contributed by atoms with E-state index in [4.69, 9.17) is 4.74 Å². The zero-order chi connectivity index (χ0) is 67.0. The number of aliphatic hydroxyl groups is 2. The molecule has 0 spiro atoms. The van der Waals surface area contributed by atoms with Crippen LogP contribution in [0.3, 0.4) is 0 Å². The molecule has 0 aliphatic heterocycles. The maximum Gasteiger partial charge on any atom is 0.305 e. The highest BCUT2D eigenvalue weighted by Gasteiger charge is 2.18. The Hall–Kier alpha value is -2.18. The molecule has 0 aromatic heterocycles. The number of ether oxygens (including phenoxy) is 1. The Labute approximate surface area is 582 Å². The van der Waals surface area contributed by atoms with Gasteiger partial charge in [-0.1, -0.05) is 416 Å². The largest absolute Gasteiger partial charge is 0.466 e. The number of hydrogen-bond donors (Lipinski definition) is 3. The van der Waals surface area contributed by atoms with Gasteiger partial charge in [0.1, 0.15) is 0 Å². The summed E-state index contributed by atoms with van der Waals surface area (Å²) in [7, 11) is 0. The van der Waals surface area contributed by atoms with E-state index in [0.29, 0.717) is 19.4 Å². The Morgan fingerprint density at radius 3 is 0.849 bits per heavy atom. The maximum absolute atomic E-state index is 12.6. The fourth-order valence-corrected chi connectivity index (χ4v) is 13.4. The molecule has 0 bridgehead atoms. The van der Waals surface area contributed by atoms with Crippen LogP contribution in [0.4, 0.5) is 0 Å². The van der Waals surface area contributed by atoms with Gasteiger partial charge < -0.3 is 20.3 Å². The van der Waals surface area contributed by atoms with Crippen LogP contribution in [0.25, 0.3) is 0 Å². The fourth-order valence-electron chi connectivity index (χ4n) is 13.4. The van der Waals surface area contributed by atoms with Crippen molar-refractivity contribution in [1.29, 1.82) is 0 Å². The predicted octanol–water partition coefficient (Wildman–Crippen LogP) is 28.3. The van der Waals surface area contributed by atoms with E-state index >= 15 is 0 Å². The van der Waals surface area contributed by atoms with Crippen LogP contribution in [-0.2, 0) is 14.3 Å². The Kier molecular flexibility index (Phi) is 80.3. The summed E-state index contributed by atoms with van der Waals surface area (Å²) < 4.78 is 5.52. The van der Waals surface area contributed by atoms with Gasteiger partial charge in [-0.2, -0.15) is 0 Å². The van der Waals surface area contributed by atoms with Gasteiger partial charge in [0.05, 0.1) is 25.4 Å². The molecule has 0 radical (unpaired) electrons. The van der Waals surface area contributed by atoms with Crippen molar-refractivity contribution in [1.82, 2.24) is 5.32 Å². The summed E-state index contributed by atoms with van der Waals surface area (Å²) in [6.45, 7) is 4.93. The van der Waals surface area contributed by atoms with Gasteiger partial charge in [0.25, 0.3) is 0 Å². The first-order chi connectivity index (χ1) is 46.0. The van der Waals surface area contributed by atoms with Crippen LogP contribution in [0.15, 0.2) is 48.6 Å². The fraction of sp³-hybridized carbons (Fsp3) is 0.885. The number of hydrogen-bond acceptors (Lipinski definition) is 5. The Balaban J connectivity index is 3.38. The third-order valence-electron chi connectivity index (χ3n) is 19.8. The molecule has 3 N–H and O–H groups in total. The molecule has 2 unspecified atom stereocenters. The van der Waals surface area contributed by atoms with Crippen molar-refractivity contribution in [3.8, 4) is 0 Å². The standard InChI is InChI=1S/C87H165NO5/c1-3-5-7-9-11-13-15-17-19-21-23-24-25-34-37-40-44-47-51-55-59-63-67-71-75-79-85(90)84(83-89)88-86(91)80-76-72-68-64-60-56-52-48-45-41-38-35-32-30-28-26-27-29-31-33-36-39-42-46-50-54-58-62-66-70-74-78-82-93-87(92)81-77-73-69-65-61-57-53-49-43-22-20-18-16-14-12-10-8-6-4-2/h12,14,18,20,29,31,75,79,84-85,89-90H,3-11,13,15-17,19,21-28,30,32-74,76-78,80-83H2,1-2H3,(H,88,91)/b14-12-,20-18-,31-29-,79-75+. The van der Waals surface area contributed by atoms with Crippen molar-refractivity contribution in [2.75, 3.05) is 13.2 Å². The van der Waals surface area contributed by atoms with Crippen LogP contribution >= 0.6 is 0 Å². The number of carbonyl (C=O) groups is 2. The highest BCUT2D eigenvalue weighted by atomic mass is 16.5. The summed E-state index contributed by atoms with van der Waals surface area (Å²) in [6, 6.07) is -0.628. The van der Waals surface area contributed by atoms with Gasteiger partial charge in [0.2, 0.25) is 5.91 Å². The number of esters is 1. The number of carbonyl (C=O) groups excluding carboxylic acids is 2. The van der Waals surface area contributed by atoms with Gasteiger partial charge in [-0.25, -0.2) is 0 Å². The molecule has 1 amide bonds. The van der Waals surface area contributed by atoms with Gasteiger partial charge in [-0.05, 0) is 89.9 Å². The van der Waals surface area contributed by atoms with Crippen LogP contribution in [0.1, 0.15) is 470 Å². The van der Waals surface area contributed by atoms with E-state index in [1.165, 1.54) is 392 Å². The second kappa shape index (κ2) is 82.2. The summed E-state index contributed by atoms with van der Waals surface area (Å²) in [6.07, 6.45) is 110. The molecule has 548 valence electrons. The topological polar surface area (TPSA) is 95.9 Å². The highest BCUT2D eigenvalue weighted by molar-refractivity contribution is 5.76. The number of unbranched alkanes of at least 4 members (excludes halogenated alkanes) is 63. The van der Waals surface area contributed by atoms with Crippen LogP contribution in [0, 0.1) is 0 Å². The van der Waals surface area contributed by atoms with E-state index in [0.717, 1.165) is 51.4 Å². The first kappa shape index (κ1) is 90.8. The van der Waals surface area contributed by atoms with Gasteiger partial charge in [0, 0.05) is 12.8 Å². The van der Waals surface area contributed by atoms with Gasteiger partial charge in [-0.15, -0.1) is 0 Å². The quantitative estimate of drug-likeness (QED) is 0.0320. The number of rotatable bonds is 80. The van der Waals surface area contributed by atoms with Crippen LogP contribution in [-0.4, -0.2) is 47.4 Å². The van der Waals surface area contributed by atoms with Crippen molar-refractivity contribution in [3.05, 3.63) is 48.6 Å². The molecule has 93 heavy (non-hydrogen) atoms. The molecule has 2 atom stereocenters. The van der Waals surface area contributed by atoms with Crippen molar-refractivity contribution in [2.45, 2.75) is 482 Å². The first-order valence-electron chi connectivity index (χ1n) is 42.4. The molecular weight excluding hydrogens is 1140 g/mol. The van der Waals surface area contributed by atoms with E-state index in [1.807, 2.05) is 6.08 Å². The Bertz CT molecular complexity index is 1550. The van der Waals surface area contributed by atoms with Gasteiger partial charge >= 0.3 is 5.97 Å². The Morgan fingerprint density at radius 2 is 0.538 bits per heavy atom. The Morgan fingerprint density at radius 1 is 0.301 bits per heavy atom. The minimum absolute atomic E-state index is 0.0149. The van der Waals surface area contributed by atoms with E-state index in [9.17, 15) is 19.8 Å². The van der Waals surface area contributed by atoms with E-state index in [2.05, 4.69) is 55.6 Å². The number of aliphatic hydroxyl groups excluding tert-OH is 2. The van der Waals surface area contributed by atoms with E-state index in [-0.39, 0.29) is 18.5 Å². The van der Waals surface area contributed by atoms with Crippen LogP contribution in [0.2, 0.25) is 0 Å². The average molecular weight is 1310 g/mol. The molecule has 0 saturated heterocycles. The summed E-state index contributed by atoms with van der Waals surface area (Å²) in [4.78, 5) is 24.7. The second-order valence-corrected chi connectivity index (χ2v) is 29.2. The monoisotopic (exact) mass is 1300 g/mol. The lowest BCUT2D eigenvalue weighted by Gasteiger charge is -2.20. The molecule has 0 heterocycles. The third-order valence-corrected chi connectivity index (χ3v) is 19.8. The average Bonchev–Trinajstić information content (AvgIpc) is 3.78. The molecular formula is C87H165NO5. The lowest BCUT2D eigenvalue weighted by Crippen LogP contribution is -2.45. The molecule has 0 fully saturated rings. The SMILES string of the molecule is CCCCC/C=C\C/C=C\CCCCCCCCCCCC(=O)OCCCCCCCCCCCCCC/C=C\CCCCCCCCCCCCCCCCCCC(=O)NC(CO)C(O)/C=C/CCCCCCCCCCCCCCCCCCCCCCCCC. The number of nitrogens with one attached hydrogen (secondary N) is 1. The molecule has 6 heteroatoms. The molecule has 0 aromatic rings. The summed E-state index contributed by atoms with van der Waals surface area (Å²) >= 11 is 0. The minimum Gasteiger partial charge on any atom is -0.466 e. The molecule has 0 saturated carbocycles. The zero-order valence-corrected chi connectivity index (χ0v) is 63.0. The smallest absolute Gasteiger partial charge is 0.305 e. The molecule has 0 aromatic carbocycles. The maximum atomic E-state index is 12.6. The van der Waals surface area contributed by atoms with Crippen LogP contribution < -0.4 is 5.32 Å². The second-order valence-electron chi connectivity index (χ2n) is 29.2. The zero-order valence-electron chi connectivity index (χ0n) is 63.0. The minimum atomic E-state index is -0.845. The van der Waals surface area contributed by atoms with E-state index < -0.39 is 12.1 Å². The van der Waals surface area contributed by atoms with Crippen molar-refractivity contribution >= 4 is 11.9 Å². The normalized spacial score (nSPS) is 12.7. The molecule has 0 aliphatic carbocycles. The lowest BCUT2D eigenvalue weighted by molar-refractivity contribution is -0.143. The van der Waals surface area contributed by atoms with Crippen molar-refractivity contribution < 1.29 is 24.5 Å². The molecule has 0 rings (SSSR count). The predicted molar refractivity (Wildman–Crippen MR) is 412 cm³/mol. The van der Waals surface area contributed by atoms with Gasteiger partial charge in [-0.3, -0.25) is 9.59 Å². The molecule has 0 aliphatic rings. The van der Waals surface area contributed by atoms with Crippen molar-refractivity contribution in [2.24, 2.45) is 0 Å². The number of allylic oxidation sites excluding steroid dienone is 7. The summed E-state index contributed by atoms with van der Waals surface area (Å²) in [5.41, 5.74) is 0. The third kappa shape index (κ3) is 78.7. The van der Waals surface area contributed by atoms with E-state index in [1.54, 1.807) is 6.08 Å². The number of amides is 1. The highest BCUT2D eigenvalue weighted by Crippen LogP contribution is 2.20. The van der Waals surface area contributed by atoms with Gasteiger partial charge in [0.15, 0.2) is 0 Å². The molecule has 6 nitrogen and oxygen atoms in total. The summed E-state index contributed by atoms with van der Waals surface area (Å²) in [5, 5.41) is 23.3. The lowest BCUT2D eigenvalue weighted by atomic mass is 10.0. The summed E-state index contributed by atoms with van der Waals surface area (Å²) in [5.74, 6) is -0.0453.